The van der Waals surface area contributed by atoms with E-state index in [9.17, 15) is 15.0 Å². The molecule has 0 aliphatic carbocycles. The number of hydrogen-bond acceptors (Lipinski definition) is 3. The van der Waals surface area contributed by atoms with Gasteiger partial charge in [0.2, 0.25) is 0 Å². The largest absolute Gasteiger partial charge is 0.478 e. The van der Waals surface area contributed by atoms with Crippen molar-refractivity contribution in [2.75, 3.05) is 5.88 Å². The van der Waals surface area contributed by atoms with Gasteiger partial charge in [-0.2, -0.15) is 0 Å². The molecule has 4 nitrogen and oxygen atoms in total. The first-order valence-electron chi connectivity index (χ1n) is 4.97. The molecular formula is C12H13ClO4. The minimum absolute atomic E-state index is 0.0537. The van der Waals surface area contributed by atoms with E-state index < -0.39 is 18.2 Å². The van der Waals surface area contributed by atoms with E-state index in [1.165, 1.54) is 6.08 Å². The molecule has 2 unspecified atom stereocenters. The van der Waals surface area contributed by atoms with Gasteiger partial charge in [0.05, 0.1) is 12.0 Å². The third-order valence-electron chi connectivity index (χ3n) is 2.22. The standard InChI is InChI=1S/C12H13ClO4/c13-7-10(14)12(17)9-4-1-8(2-5-9)3-6-11(15)16/h1-6,10,12,14,17H,7H2,(H,15,16)/b6-3+. The van der Waals surface area contributed by atoms with Crippen LogP contribution in [0.4, 0.5) is 0 Å². The zero-order chi connectivity index (χ0) is 12.8. The van der Waals surface area contributed by atoms with Crippen molar-refractivity contribution in [3.8, 4) is 0 Å². The zero-order valence-corrected chi connectivity index (χ0v) is 9.71. The summed E-state index contributed by atoms with van der Waals surface area (Å²) in [5.74, 6) is -1.08. The SMILES string of the molecule is O=C(O)/C=C/c1ccc(C(O)C(O)CCl)cc1. The van der Waals surface area contributed by atoms with E-state index in [0.29, 0.717) is 11.1 Å². The number of hydrogen-bond donors (Lipinski definition) is 3. The summed E-state index contributed by atoms with van der Waals surface area (Å²) in [6.45, 7) is 0. The number of aliphatic hydroxyl groups is 2. The molecule has 0 spiro atoms. The number of aliphatic hydroxyl groups excluding tert-OH is 2. The Bertz CT molecular complexity index is 399. The molecule has 1 aromatic rings. The van der Waals surface area contributed by atoms with Crippen LogP contribution in [0.5, 0.6) is 0 Å². The van der Waals surface area contributed by atoms with Gasteiger partial charge in [0.15, 0.2) is 0 Å². The first-order chi connectivity index (χ1) is 8.04. The summed E-state index contributed by atoms with van der Waals surface area (Å²) in [4.78, 5) is 10.3. The number of carboxylic acid groups (broad SMARTS) is 1. The van der Waals surface area contributed by atoms with E-state index in [1.807, 2.05) is 0 Å². The van der Waals surface area contributed by atoms with Crippen LogP contribution in [0.25, 0.3) is 6.08 Å². The molecule has 0 bridgehead atoms. The number of aliphatic carboxylic acids is 1. The molecule has 1 rings (SSSR count). The Morgan fingerprint density at radius 1 is 1.29 bits per heavy atom. The van der Waals surface area contributed by atoms with Crippen molar-refractivity contribution in [1.29, 1.82) is 0 Å². The van der Waals surface area contributed by atoms with Crippen molar-refractivity contribution >= 4 is 23.6 Å². The molecule has 0 radical (unpaired) electrons. The van der Waals surface area contributed by atoms with E-state index in [1.54, 1.807) is 24.3 Å². The summed E-state index contributed by atoms with van der Waals surface area (Å²) in [5, 5.41) is 27.5. The van der Waals surface area contributed by atoms with Crippen LogP contribution in [0.3, 0.4) is 0 Å². The molecule has 17 heavy (non-hydrogen) atoms. The van der Waals surface area contributed by atoms with Gasteiger partial charge in [-0.3, -0.25) is 0 Å². The molecular weight excluding hydrogens is 244 g/mol. The summed E-state index contributed by atoms with van der Waals surface area (Å²) in [6, 6.07) is 6.53. The predicted octanol–water partition coefficient (Wildman–Crippen LogP) is 1.42. The van der Waals surface area contributed by atoms with E-state index in [0.717, 1.165) is 6.08 Å². The number of rotatable bonds is 5. The summed E-state index contributed by atoms with van der Waals surface area (Å²) in [5.41, 5.74) is 1.23. The van der Waals surface area contributed by atoms with Crippen molar-refractivity contribution in [3.05, 3.63) is 41.5 Å². The lowest BCUT2D eigenvalue weighted by molar-refractivity contribution is -0.131. The van der Waals surface area contributed by atoms with Gasteiger partial charge in [0.1, 0.15) is 6.10 Å². The molecule has 0 heterocycles. The second kappa shape index (κ2) is 6.39. The highest BCUT2D eigenvalue weighted by Crippen LogP contribution is 2.18. The quantitative estimate of drug-likeness (QED) is 0.550. The van der Waals surface area contributed by atoms with Gasteiger partial charge in [0.25, 0.3) is 0 Å². The lowest BCUT2D eigenvalue weighted by Crippen LogP contribution is -2.19. The normalized spacial score (nSPS) is 14.8. The minimum Gasteiger partial charge on any atom is -0.478 e. The van der Waals surface area contributed by atoms with Gasteiger partial charge in [-0.1, -0.05) is 24.3 Å². The first-order valence-corrected chi connectivity index (χ1v) is 5.51. The minimum atomic E-state index is -1.04. The molecule has 1 aromatic carbocycles. The monoisotopic (exact) mass is 256 g/mol. The predicted molar refractivity (Wildman–Crippen MR) is 64.8 cm³/mol. The molecule has 2 atom stereocenters. The van der Waals surface area contributed by atoms with Gasteiger partial charge in [-0.15, -0.1) is 11.6 Å². The second-order valence-corrected chi connectivity index (χ2v) is 3.81. The highest BCUT2D eigenvalue weighted by Gasteiger charge is 2.16. The second-order valence-electron chi connectivity index (χ2n) is 3.50. The molecule has 92 valence electrons. The number of alkyl halides is 1. The number of carbonyl (C=O) groups is 1. The average Bonchev–Trinajstić information content (AvgIpc) is 2.35. The molecule has 0 fully saturated rings. The zero-order valence-electron chi connectivity index (χ0n) is 8.95. The van der Waals surface area contributed by atoms with Gasteiger partial charge in [0, 0.05) is 6.08 Å². The van der Waals surface area contributed by atoms with Crippen LogP contribution in [-0.2, 0) is 4.79 Å². The summed E-state index contributed by atoms with van der Waals surface area (Å²) in [7, 11) is 0. The number of carboxylic acids is 1. The maximum absolute atomic E-state index is 10.3. The Hall–Kier alpha value is -1.36. The van der Waals surface area contributed by atoms with Crippen LogP contribution >= 0.6 is 11.6 Å². The summed E-state index contributed by atoms with van der Waals surface area (Å²) >= 11 is 5.43. The van der Waals surface area contributed by atoms with Crippen molar-refractivity contribution in [3.63, 3.8) is 0 Å². The highest BCUT2D eigenvalue weighted by molar-refractivity contribution is 6.18. The van der Waals surface area contributed by atoms with E-state index in [-0.39, 0.29) is 5.88 Å². The van der Waals surface area contributed by atoms with Gasteiger partial charge < -0.3 is 15.3 Å². The first kappa shape index (κ1) is 13.7. The topological polar surface area (TPSA) is 77.8 Å². The van der Waals surface area contributed by atoms with Gasteiger partial charge in [-0.25, -0.2) is 4.79 Å². The Balaban J connectivity index is 2.77. The third kappa shape index (κ3) is 4.19. The molecule has 0 aliphatic heterocycles. The molecule has 0 saturated heterocycles. The smallest absolute Gasteiger partial charge is 0.328 e. The Labute approximate surface area is 104 Å². The third-order valence-corrected chi connectivity index (χ3v) is 2.54. The molecule has 0 saturated carbocycles. The van der Waals surface area contributed by atoms with E-state index in [2.05, 4.69) is 0 Å². The van der Waals surface area contributed by atoms with Crippen LogP contribution in [0.1, 0.15) is 17.2 Å². The van der Waals surface area contributed by atoms with Crippen LogP contribution in [0.2, 0.25) is 0 Å². The van der Waals surface area contributed by atoms with Crippen molar-refractivity contribution in [2.24, 2.45) is 0 Å². The van der Waals surface area contributed by atoms with Crippen LogP contribution in [-0.4, -0.2) is 33.3 Å². The fraction of sp³-hybridized carbons (Fsp3) is 0.250. The Morgan fingerprint density at radius 2 is 1.88 bits per heavy atom. The molecule has 0 aromatic heterocycles. The Kier molecular flexibility index (Phi) is 5.15. The lowest BCUT2D eigenvalue weighted by atomic mass is 10.0. The van der Waals surface area contributed by atoms with Crippen molar-refractivity contribution in [2.45, 2.75) is 12.2 Å². The number of halogens is 1. The lowest BCUT2D eigenvalue weighted by Gasteiger charge is -2.15. The maximum atomic E-state index is 10.3. The molecule has 0 aliphatic rings. The maximum Gasteiger partial charge on any atom is 0.328 e. The van der Waals surface area contributed by atoms with E-state index in [4.69, 9.17) is 16.7 Å². The van der Waals surface area contributed by atoms with Gasteiger partial charge >= 0.3 is 5.97 Å². The fourth-order valence-electron chi connectivity index (χ4n) is 1.28. The molecule has 5 heteroatoms. The fourth-order valence-corrected chi connectivity index (χ4v) is 1.45. The van der Waals surface area contributed by atoms with Crippen molar-refractivity contribution in [1.82, 2.24) is 0 Å². The molecule has 0 amide bonds. The van der Waals surface area contributed by atoms with Gasteiger partial charge in [-0.05, 0) is 17.2 Å². The van der Waals surface area contributed by atoms with Crippen LogP contribution < -0.4 is 0 Å². The Morgan fingerprint density at radius 3 is 2.35 bits per heavy atom. The van der Waals surface area contributed by atoms with Crippen molar-refractivity contribution < 1.29 is 20.1 Å². The molecule has 3 N–H and O–H groups in total. The van der Waals surface area contributed by atoms with E-state index >= 15 is 0 Å². The van der Waals surface area contributed by atoms with Crippen LogP contribution in [0.15, 0.2) is 30.3 Å². The highest BCUT2D eigenvalue weighted by atomic mass is 35.5. The summed E-state index contributed by atoms with van der Waals surface area (Å²) in [6.07, 6.45) is 0.414. The average molecular weight is 257 g/mol. The number of benzene rings is 1. The van der Waals surface area contributed by atoms with Crippen LogP contribution in [0, 0.1) is 0 Å². The summed E-state index contributed by atoms with van der Waals surface area (Å²) < 4.78 is 0.